The normalized spacial score (nSPS) is 19.5. The molecule has 2 fully saturated rings. The fourth-order valence-corrected chi connectivity index (χ4v) is 6.31. The summed E-state index contributed by atoms with van der Waals surface area (Å²) in [6, 6.07) is 6.79. The summed E-state index contributed by atoms with van der Waals surface area (Å²) in [7, 11) is -3.45. The van der Waals surface area contributed by atoms with Gasteiger partial charge in [0, 0.05) is 38.3 Å². The largest absolute Gasteiger partial charge is 0.376 e. The van der Waals surface area contributed by atoms with Crippen LogP contribution in [0.15, 0.2) is 34.3 Å². The fraction of sp³-hybridized carbons (Fsp3) is 0.571. The van der Waals surface area contributed by atoms with Crippen LogP contribution in [0, 0.1) is 0 Å². The first kappa shape index (κ1) is 23.2. The highest BCUT2D eigenvalue weighted by atomic mass is 32.2. The first-order valence-electron chi connectivity index (χ1n) is 11.0. The third-order valence-electron chi connectivity index (χ3n) is 5.73. The monoisotopic (exact) mass is 479 g/mol. The molecule has 1 unspecified atom stereocenters. The summed E-state index contributed by atoms with van der Waals surface area (Å²) >= 11 is 1.34. The third kappa shape index (κ3) is 5.16. The first-order chi connectivity index (χ1) is 15.5. The van der Waals surface area contributed by atoms with Gasteiger partial charge in [-0.3, -0.25) is 4.79 Å². The summed E-state index contributed by atoms with van der Waals surface area (Å²) in [6.07, 6.45) is 3.96. The van der Waals surface area contributed by atoms with Gasteiger partial charge in [0.05, 0.1) is 16.8 Å². The fourth-order valence-electron chi connectivity index (χ4n) is 3.96. The molecule has 2 aliphatic heterocycles. The van der Waals surface area contributed by atoms with E-state index in [9.17, 15) is 13.2 Å². The van der Waals surface area contributed by atoms with E-state index < -0.39 is 10.0 Å². The number of nitrogens with one attached hydrogen (secondary N) is 1. The minimum Gasteiger partial charge on any atom is -0.376 e. The van der Waals surface area contributed by atoms with E-state index in [1.54, 1.807) is 24.3 Å². The van der Waals surface area contributed by atoms with E-state index in [0.29, 0.717) is 42.1 Å². The summed E-state index contributed by atoms with van der Waals surface area (Å²) in [5.74, 6) is 0.840. The van der Waals surface area contributed by atoms with Crippen LogP contribution in [-0.2, 0) is 26.1 Å². The van der Waals surface area contributed by atoms with Crippen molar-refractivity contribution in [1.82, 2.24) is 24.4 Å². The van der Waals surface area contributed by atoms with Crippen LogP contribution < -0.4 is 5.32 Å². The molecule has 0 aliphatic carbocycles. The zero-order valence-electron chi connectivity index (χ0n) is 18.2. The quantitative estimate of drug-likeness (QED) is 0.549. The van der Waals surface area contributed by atoms with Crippen LogP contribution in [0.2, 0.25) is 0 Å². The molecule has 2 aromatic rings. The second-order valence-electron chi connectivity index (χ2n) is 7.91. The van der Waals surface area contributed by atoms with E-state index in [-0.39, 0.29) is 17.8 Å². The van der Waals surface area contributed by atoms with E-state index >= 15 is 0 Å². The molecule has 0 radical (unpaired) electrons. The van der Waals surface area contributed by atoms with Crippen LogP contribution in [0.1, 0.15) is 32.6 Å². The molecule has 0 bridgehead atoms. The number of rotatable bonds is 9. The molecule has 2 saturated heterocycles. The van der Waals surface area contributed by atoms with Gasteiger partial charge in [-0.15, -0.1) is 10.2 Å². The molecule has 11 heteroatoms. The molecule has 1 atom stereocenters. The summed E-state index contributed by atoms with van der Waals surface area (Å²) in [5.41, 5.74) is 0.786. The number of amides is 1. The van der Waals surface area contributed by atoms with Crippen molar-refractivity contribution in [2.24, 2.45) is 0 Å². The van der Waals surface area contributed by atoms with Crippen molar-refractivity contribution in [3.05, 3.63) is 24.3 Å². The number of sulfonamides is 1. The Kier molecular flexibility index (Phi) is 7.49. The molecule has 32 heavy (non-hydrogen) atoms. The smallest absolute Gasteiger partial charge is 0.243 e. The highest BCUT2D eigenvalue weighted by Gasteiger charge is 2.27. The van der Waals surface area contributed by atoms with Crippen LogP contribution in [0.4, 0.5) is 0 Å². The van der Waals surface area contributed by atoms with E-state index in [2.05, 4.69) is 15.5 Å². The first-order valence-corrected chi connectivity index (χ1v) is 13.5. The lowest BCUT2D eigenvalue weighted by Gasteiger charge is -2.15. The Morgan fingerprint density at radius 2 is 1.94 bits per heavy atom. The Morgan fingerprint density at radius 3 is 2.59 bits per heavy atom. The zero-order valence-corrected chi connectivity index (χ0v) is 19.8. The van der Waals surface area contributed by atoms with E-state index in [1.807, 2.05) is 11.5 Å². The summed E-state index contributed by atoms with van der Waals surface area (Å²) in [4.78, 5) is 12.5. The molecule has 1 amide bonds. The number of carbonyl (C=O) groups excluding carboxylic acids is 1. The van der Waals surface area contributed by atoms with Gasteiger partial charge in [0.2, 0.25) is 15.9 Å². The Labute approximate surface area is 193 Å². The van der Waals surface area contributed by atoms with Crippen LogP contribution in [0.5, 0.6) is 0 Å². The van der Waals surface area contributed by atoms with Crippen molar-refractivity contribution in [1.29, 1.82) is 0 Å². The Morgan fingerprint density at radius 1 is 1.19 bits per heavy atom. The summed E-state index contributed by atoms with van der Waals surface area (Å²) < 4.78 is 34.5. The van der Waals surface area contributed by atoms with Gasteiger partial charge in [-0.1, -0.05) is 11.8 Å². The molecule has 1 N–H and O–H groups in total. The summed E-state index contributed by atoms with van der Waals surface area (Å²) in [6.45, 7) is 5.09. The number of carbonyl (C=O) groups is 1. The van der Waals surface area contributed by atoms with Gasteiger partial charge in [-0.25, -0.2) is 8.42 Å². The van der Waals surface area contributed by atoms with Crippen molar-refractivity contribution < 1.29 is 17.9 Å². The predicted molar refractivity (Wildman–Crippen MR) is 122 cm³/mol. The van der Waals surface area contributed by atoms with Crippen LogP contribution in [-0.4, -0.2) is 71.5 Å². The highest BCUT2D eigenvalue weighted by Crippen LogP contribution is 2.27. The maximum Gasteiger partial charge on any atom is 0.243 e. The molecule has 9 nitrogen and oxygen atoms in total. The van der Waals surface area contributed by atoms with Gasteiger partial charge in [0.15, 0.2) is 11.0 Å². The Balaban J connectivity index is 1.40. The average Bonchev–Trinajstić information content (AvgIpc) is 3.58. The molecular weight excluding hydrogens is 450 g/mol. The molecule has 3 heterocycles. The molecule has 2 aliphatic rings. The standard InChI is InChI=1S/C21H29N5O4S2/c1-2-26-20(16-7-9-18(10-8-16)32(28,29)25-11-3-4-12-25)23-24-21(26)31-15-19(27)22-14-17-6-5-13-30-17/h7-10,17H,2-6,11-15H2,1H3,(H,22,27). The number of hydrogen-bond donors (Lipinski definition) is 1. The SMILES string of the molecule is CCn1c(SCC(=O)NCC2CCCO2)nnc1-c1ccc(S(=O)(=O)N2CCCC2)cc1. The molecule has 0 spiro atoms. The molecule has 174 valence electrons. The van der Waals surface area contributed by atoms with Gasteiger partial charge in [0.1, 0.15) is 0 Å². The molecule has 1 aromatic carbocycles. The maximum atomic E-state index is 12.7. The Hall–Kier alpha value is -1.95. The molecular formula is C21H29N5O4S2. The second-order valence-corrected chi connectivity index (χ2v) is 10.8. The maximum absolute atomic E-state index is 12.7. The van der Waals surface area contributed by atoms with Crippen molar-refractivity contribution in [3.8, 4) is 11.4 Å². The van der Waals surface area contributed by atoms with Crippen LogP contribution in [0.3, 0.4) is 0 Å². The average molecular weight is 480 g/mol. The minimum atomic E-state index is -3.45. The summed E-state index contributed by atoms with van der Waals surface area (Å²) in [5, 5.41) is 12.1. The highest BCUT2D eigenvalue weighted by molar-refractivity contribution is 7.99. The number of benzene rings is 1. The van der Waals surface area contributed by atoms with E-state index in [0.717, 1.165) is 37.9 Å². The van der Waals surface area contributed by atoms with E-state index in [4.69, 9.17) is 4.74 Å². The number of hydrogen-bond acceptors (Lipinski definition) is 7. The number of thioether (sulfide) groups is 1. The number of nitrogens with zero attached hydrogens (tertiary/aromatic N) is 4. The van der Waals surface area contributed by atoms with Gasteiger partial charge < -0.3 is 14.6 Å². The van der Waals surface area contributed by atoms with Gasteiger partial charge >= 0.3 is 0 Å². The van der Waals surface area contributed by atoms with Crippen LogP contribution >= 0.6 is 11.8 Å². The van der Waals surface area contributed by atoms with Gasteiger partial charge in [-0.05, 0) is 56.9 Å². The zero-order chi connectivity index (χ0) is 22.6. The van der Waals surface area contributed by atoms with Crippen molar-refractivity contribution in [2.75, 3.05) is 32.0 Å². The van der Waals surface area contributed by atoms with E-state index in [1.165, 1.54) is 16.1 Å². The van der Waals surface area contributed by atoms with Crippen molar-refractivity contribution in [2.45, 2.75) is 55.3 Å². The predicted octanol–water partition coefficient (Wildman–Crippen LogP) is 2.14. The Bertz CT molecular complexity index is 1030. The molecule has 1 aromatic heterocycles. The lowest BCUT2D eigenvalue weighted by atomic mass is 10.2. The van der Waals surface area contributed by atoms with Crippen molar-refractivity contribution in [3.63, 3.8) is 0 Å². The van der Waals surface area contributed by atoms with Crippen LogP contribution in [0.25, 0.3) is 11.4 Å². The lowest BCUT2D eigenvalue weighted by molar-refractivity contribution is -0.119. The lowest BCUT2D eigenvalue weighted by Crippen LogP contribution is -2.32. The minimum absolute atomic E-state index is 0.0609. The van der Waals surface area contributed by atoms with Crippen molar-refractivity contribution >= 4 is 27.7 Å². The second kappa shape index (κ2) is 10.3. The number of aromatic nitrogens is 3. The molecule has 0 saturated carbocycles. The number of ether oxygens (including phenoxy) is 1. The molecule has 4 rings (SSSR count). The van der Waals surface area contributed by atoms with Gasteiger partial charge in [0.25, 0.3) is 0 Å². The third-order valence-corrected chi connectivity index (χ3v) is 8.61. The topological polar surface area (TPSA) is 106 Å². The van der Waals surface area contributed by atoms with Gasteiger partial charge in [-0.2, -0.15) is 4.31 Å².